The normalized spacial score (nSPS) is 22.4. The Labute approximate surface area is 242 Å². The zero-order valence-electron chi connectivity index (χ0n) is 21.3. The minimum atomic E-state index is -1.14. The molecule has 0 saturated carbocycles. The Kier molecular flexibility index (Phi) is 9.61. The molecule has 1 saturated heterocycles. The van der Waals surface area contributed by atoms with Gasteiger partial charge in [0, 0.05) is 25.7 Å². The molecule has 1 aliphatic rings. The van der Waals surface area contributed by atoms with Crippen LogP contribution in [0, 0.1) is 5.82 Å². The summed E-state index contributed by atoms with van der Waals surface area (Å²) in [6.07, 6.45) is -0.701. The predicted octanol–water partition coefficient (Wildman–Crippen LogP) is 4.27. The smallest absolute Gasteiger partial charge is 0.303 e. The van der Waals surface area contributed by atoms with E-state index >= 15 is 0 Å². The third kappa shape index (κ3) is 7.27. The number of carbonyl (C=O) groups excluding carboxylic acids is 3. The first-order valence-electron chi connectivity index (χ1n) is 11.8. The largest absolute Gasteiger partial charge is 0.463 e. The van der Waals surface area contributed by atoms with Gasteiger partial charge in [-0.3, -0.25) is 19.4 Å². The van der Waals surface area contributed by atoms with Gasteiger partial charge in [0.15, 0.2) is 12.2 Å². The monoisotopic (exact) mass is 612 g/mol. The summed E-state index contributed by atoms with van der Waals surface area (Å²) < 4.78 is 37.6. The maximum absolute atomic E-state index is 13.4. The van der Waals surface area contributed by atoms with E-state index in [1.165, 1.54) is 43.8 Å². The molecule has 2 aromatic heterocycles. The van der Waals surface area contributed by atoms with Crippen LogP contribution in [0.1, 0.15) is 26.8 Å². The van der Waals surface area contributed by atoms with Gasteiger partial charge in [-0.1, -0.05) is 40.2 Å². The number of hydrogen-bond acceptors (Lipinski definition) is 11. The quantitative estimate of drug-likeness (QED) is 0.267. The van der Waals surface area contributed by atoms with Crippen molar-refractivity contribution in [3.8, 4) is 11.4 Å². The van der Waals surface area contributed by atoms with Crippen molar-refractivity contribution in [1.29, 1.82) is 0 Å². The van der Waals surface area contributed by atoms with E-state index in [1.54, 1.807) is 18.2 Å². The van der Waals surface area contributed by atoms with E-state index in [4.69, 9.17) is 42.1 Å². The Morgan fingerprint density at radius 2 is 1.73 bits per heavy atom. The van der Waals surface area contributed by atoms with Gasteiger partial charge in [0.1, 0.15) is 35.7 Å². The lowest BCUT2D eigenvalue weighted by Gasteiger charge is -2.44. The highest BCUT2D eigenvalue weighted by atomic mass is 35.5. The number of aromatic nitrogens is 4. The summed E-state index contributed by atoms with van der Waals surface area (Å²) >= 11 is 13.4. The van der Waals surface area contributed by atoms with E-state index in [-0.39, 0.29) is 12.3 Å². The third-order valence-electron chi connectivity index (χ3n) is 5.62. The molecule has 0 N–H and O–H groups in total. The minimum absolute atomic E-state index is 0.278. The van der Waals surface area contributed by atoms with E-state index < -0.39 is 53.5 Å². The molecular formula is C25H23Cl2FN4O7S. The van der Waals surface area contributed by atoms with Crippen molar-refractivity contribution in [2.75, 3.05) is 6.61 Å². The average Bonchev–Trinajstić information content (AvgIpc) is 3.36. The second kappa shape index (κ2) is 12.9. The number of ether oxygens (including phenoxy) is 4. The van der Waals surface area contributed by atoms with Gasteiger partial charge in [-0.15, -0.1) is 5.10 Å². The maximum atomic E-state index is 13.4. The standard InChI is InChI=1S/C25H23Cl2FN4O7S/c1-12(33)36-11-21-23(37-13(2)34)22(32-10-20(30-31-32)19-7-4-15(28)9-29-19)24(38-14(3)35)25(39-21)40-16-5-6-17(26)18(27)8-16/h4-10,21-25H,11H2,1-3H3/t21-,22+,23+,24-,25-/m1/s1. The van der Waals surface area contributed by atoms with Gasteiger partial charge >= 0.3 is 17.9 Å². The van der Waals surface area contributed by atoms with Crippen LogP contribution >= 0.6 is 35.0 Å². The van der Waals surface area contributed by atoms with E-state index in [1.807, 2.05) is 0 Å². The fourth-order valence-electron chi connectivity index (χ4n) is 4.03. The Bertz CT molecular complexity index is 1390. The summed E-state index contributed by atoms with van der Waals surface area (Å²) in [6.45, 7) is 3.37. The Morgan fingerprint density at radius 3 is 2.35 bits per heavy atom. The van der Waals surface area contributed by atoms with Crippen LogP contribution in [0.25, 0.3) is 11.4 Å². The molecule has 0 spiro atoms. The second-order valence-corrected chi connectivity index (χ2v) is 10.6. The number of halogens is 3. The number of esters is 3. The lowest BCUT2D eigenvalue weighted by Crippen LogP contribution is -2.57. The molecule has 0 bridgehead atoms. The zero-order chi connectivity index (χ0) is 29.0. The summed E-state index contributed by atoms with van der Waals surface area (Å²) in [5.41, 5.74) is -0.319. The summed E-state index contributed by atoms with van der Waals surface area (Å²) in [7, 11) is 0. The number of hydrogen-bond donors (Lipinski definition) is 0. The first-order chi connectivity index (χ1) is 19.0. The number of rotatable bonds is 8. The molecule has 0 unspecified atom stereocenters. The summed E-state index contributed by atoms with van der Waals surface area (Å²) in [5, 5.41) is 8.96. The van der Waals surface area contributed by atoms with Crippen LogP contribution in [-0.2, 0) is 33.3 Å². The van der Waals surface area contributed by atoms with Crippen molar-refractivity contribution in [3.63, 3.8) is 0 Å². The molecule has 15 heteroatoms. The number of pyridine rings is 1. The fraction of sp³-hybridized carbons (Fsp3) is 0.360. The average molecular weight is 613 g/mol. The van der Waals surface area contributed by atoms with E-state index in [0.29, 0.717) is 20.6 Å². The van der Waals surface area contributed by atoms with Gasteiger partial charge in [-0.05, 0) is 30.3 Å². The van der Waals surface area contributed by atoms with Crippen LogP contribution in [0.15, 0.2) is 47.6 Å². The van der Waals surface area contributed by atoms with Crippen molar-refractivity contribution in [2.24, 2.45) is 0 Å². The molecular weight excluding hydrogens is 590 g/mol. The topological polar surface area (TPSA) is 132 Å². The van der Waals surface area contributed by atoms with E-state index in [0.717, 1.165) is 18.0 Å². The molecule has 3 heterocycles. The van der Waals surface area contributed by atoms with Gasteiger partial charge in [-0.25, -0.2) is 9.07 Å². The maximum Gasteiger partial charge on any atom is 0.303 e. The van der Waals surface area contributed by atoms with Gasteiger partial charge in [0.25, 0.3) is 0 Å². The van der Waals surface area contributed by atoms with Gasteiger partial charge in [0.05, 0.1) is 28.1 Å². The Balaban J connectivity index is 1.79. The van der Waals surface area contributed by atoms with Crippen LogP contribution in [0.2, 0.25) is 10.0 Å². The number of benzene rings is 1. The highest BCUT2D eigenvalue weighted by Gasteiger charge is 2.52. The van der Waals surface area contributed by atoms with E-state index in [9.17, 15) is 18.8 Å². The first kappa shape index (κ1) is 29.7. The summed E-state index contributed by atoms with van der Waals surface area (Å²) in [6, 6.07) is 6.57. The second-order valence-electron chi connectivity index (χ2n) is 8.62. The van der Waals surface area contributed by atoms with Gasteiger partial charge in [-0.2, -0.15) is 0 Å². The number of thioether (sulfide) groups is 1. The molecule has 212 valence electrons. The molecule has 11 nitrogen and oxygen atoms in total. The van der Waals surface area contributed by atoms with Gasteiger partial charge in [0.2, 0.25) is 0 Å². The zero-order valence-corrected chi connectivity index (χ0v) is 23.7. The molecule has 4 rings (SSSR count). The first-order valence-corrected chi connectivity index (χ1v) is 13.4. The van der Waals surface area contributed by atoms with Crippen LogP contribution in [0.3, 0.4) is 0 Å². The van der Waals surface area contributed by atoms with E-state index in [2.05, 4.69) is 15.3 Å². The molecule has 0 aliphatic carbocycles. The third-order valence-corrected chi connectivity index (χ3v) is 7.50. The molecule has 40 heavy (non-hydrogen) atoms. The molecule has 1 aromatic carbocycles. The minimum Gasteiger partial charge on any atom is -0.463 e. The molecule has 1 aliphatic heterocycles. The highest BCUT2D eigenvalue weighted by molar-refractivity contribution is 7.99. The van der Waals surface area contributed by atoms with Crippen molar-refractivity contribution in [2.45, 2.75) is 55.5 Å². The SMILES string of the molecule is CC(=O)OC[C@H]1O[C@H](Sc2ccc(Cl)c(Cl)c2)[C@H](OC(C)=O)[C@@H](n2cc(-c3ccc(F)cn3)nn2)[C@H]1OC(C)=O. The fourth-order valence-corrected chi connectivity index (χ4v) is 5.54. The van der Waals surface area contributed by atoms with Crippen LogP contribution in [0.5, 0.6) is 0 Å². The molecule has 0 radical (unpaired) electrons. The van der Waals surface area contributed by atoms with Crippen molar-refractivity contribution >= 4 is 52.9 Å². The van der Waals surface area contributed by atoms with Gasteiger partial charge < -0.3 is 18.9 Å². The molecule has 1 fully saturated rings. The van der Waals surface area contributed by atoms with Crippen molar-refractivity contribution in [1.82, 2.24) is 20.0 Å². The van der Waals surface area contributed by atoms with Crippen LogP contribution in [0.4, 0.5) is 4.39 Å². The lowest BCUT2D eigenvalue weighted by molar-refractivity contribution is -0.212. The number of nitrogens with zero attached hydrogens (tertiary/aromatic N) is 4. The number of carbonyl (C=O) groups is 3. The summed E-state index contributed by atoms with van der Waals surface area (Å²) in [5.74, 6) is -2.41. The highest BCUT2D eigenvalue weighted by Crippen LogP contribution is 2.42. The molecule has 0 amide bonds. The lowest BCUT2D eigenvalue weighted by atomic mass is 9.96. The van der Waals surface area contributed by atoms with Crippen LogP contribution in [-0.4, -0.2) is 68.2 Å². The Morgan fingerprint density at radius 1 is 1.00 bits per heavy atom. The molecule has 5 atom stereocenters. The van der Waals surface area contributed by atoms with Crippen LogP contribution < -0.4 is 0 Å². The molecule has 3 aromatic rings. The van der Waals surface area contributed by atoms with Crippen molar-refractivity contribution in [3.05, 3.63) is 58.6 Å². The Hall–Kier alpha value is -3.26. The van der Waals surface area contributed by atoms with Crippen molar-refractivity contribution < 1.29 is 37.7 Å². The summed E-state index contributed by atoms with van der Waals surface area (Å²) in [4.78, 5) is 40.8. The predicted molar refractivity (Wildman–Crippen MR) is 141 cm³/mol.